The maximum absolute atomic E-state index is 9.75. The molecule has 2 N–H and O–H groups in total. The SMILES string of the molecule is CCCCOCC(O)CNCC(C)CN1CCCC1. The van der Waals surface area contributed by atoms with Gasteiger partial charge in [-0.05, 0) is 44.8 Å². The van der Waals surface area contributed by atoms with Crippen LogP contribution in [0, 0.1) is 5.92 Å². The quantitative estimate of drug-likeness (QED) is 0.559. The highest BCUT2D eigenvalue weighted by Gasteiger charge is 2.14. The van der Waals surface area contributed by atoms with Gasteiger partial charge in [0.15, 0.2) is 0 Å². The number of rotatable bonds is 11. The minimum atomic E-state index is -0.379. The van der Waals surface area contributed by atoms with Crippen LogP contribution in [0.15, 0.2) is 0 Å². The van der Waals surface area contributed by atoms with E-state index in [9.17, 15) is 5.11 Å². The minimum absolute atomic E-state index is 0.379. The molecule has 1 saturated heterocycles. The Kier molecular flexibility index (Phi) is 9.43. The molecule has 114 valence electrons. The van der Waals surface area contributed by atoms with E-state index in [1.807, 2.05) is 0 Å². The fourth-order valence-corrected chi connectivity index (χ4v) is 2.49. The summed E-state index contributed by atoms with van der Waals surface area (Å²) in [7, 11) is 0. The van der Waals surface area contributed by atoms with Gasteiger partial charge in [-0.15, -0.1) is 0 Å². The molecule has 0 aromatic rings. The molecule has 19 heavy (non-hydrogen) atoms. The molecule has 0 spiro atoms. The van der Waals surface area contributed by atoms with E-state index in [0.717, 1.165) is 26.0 Å². The topological polar surface area (TPSA) is 44.7 Å². The molecule has 1 aliphatic rings. The first kappa shape index (κ1) is 16.9. The van der Waals surface area contributed by atoms with Gasteiger partial charge in [-0.2, -0.15) is 0 Å². The van der Waals surface area contributed by atoms with Crippen molar-refractivity contribution in [1.82, 2.24) is 10.2 Å². The second kappa shape index (κ2) is 10.6. The molecule has 1 fully saturated rings. The second-order valence-corrected chi connectivity index (χ2v) is 5.85. The molecule has 0 aromatic carbocycles. The Morgan fingerprint density at radius 1 is 1.26 bits per heavy atom. The normalized spacial score (nSPS) is 19.7. The van der Waals surface area contributed by atoms with Gasteiger partial charge < -0.3 is 20.1 Å². The van der Waals surface area contributed by atoms with E-state index < -0.39 is 0 Å². The summed E-state index contributed by atoms with van der Waals surface area (Å²) in [5.74, 6) is 0.645. The van der Waals surface area contributed by atoms with Crippen LogP contribution in [-0.2, 0) is 4.74 Å². The lowest BCUT2D eigenvalue weighted by Gasteiger charge is -2.21. The summed E-state index contributed by atoms with van der Waals surface area (Å²) in [6, 6.07) is 0. The van der Waals surface area contributed by atoms with Crippen molar-refractivity contribution in [3.63, 3.8) is 0 Å². The third kappa shape index (κ3) is 8.58. The third-order valence-electron chi connectivity index (χ3n) is 3.59. The first-order valence-electron chi connectivity index (χ1n) is 7.91. The van der Waals surface area contributed by atoms with Crippen molar-refractivity contribution in [2.45, 2.75) is 45.6 Å². The molecule has 0 bridgehead atoms. The van der Waals surface area contributed by atoms with Crippen LogP contribution in [0.1, 0.15) is 39.5 Å². The van der Waals surface area contributed by atoms with Crippen molar-refractivity contribution >= 4 is 0 Å². The molecule has 1 aliphatic heterocycles. The van der Waals surface area contributed by atoms with E-state index in [0.29, 0.717) is 19.1 Å². The van der Waals surface area contributed by atoms with Gasteiger partial charge in [0.05, 0.1) is 12.7 Å². The predicted molar refractivity (Wildman–Crippen MR) is 79.4 cm³/mol. The van der Waals surface area contributed by atoms with Crippen LogP contribution in [0.5, 0.6) is 0 Å². The molecular weight excluding hydrogens is 240 g/mol. The molecule has 0 saturated carbocycles. The number of nitrogens with zero attached hydrogens (tertiary/aromatic N) is 1. The lowest BCUT2D eigenvalue weighted by Crippen LogP contribution is -2.36. The van der Waals surface area contributed by atoms with Gasteiger partial charge in [-0.25, -0.2) is 0 Å². The zero-order chi connectivity index (χ0) is 13.9. The van der Waals surface area contributed by atoms with Gasteiger partial charge in [0, 0.05) is 19.7 Å². The van der Waals surface area contributed by atoms with Crippen molar-refractivity contribution in [2.75, 3.05) is 45.9 Å². The van der Waals surface area contributed by atoms with E-state index in [1.165, 1.54) is 32.5 Å². The number of unbranched alkanes of at least 4 members (excludes halogenated alkanes) is 1. The lowest BCUT2D eigenvalue weighted by atomic mass is 10.1. The van der Waals surface area contributed by atoms with Crippen molar-refractivity contribution in [3.8, 4) is 0 Å². The third-order valence-corrected chi connectivity index (χ3v) is 3.59. The highest BCUT2D eigenvalue weighted by Crippen LogP contribution is 2.09. The lowest BCUT2D eigenvalue weighted by molar-refractivity contribution is 0.0355. The van der Waals surface area contributed by atoms with Crippen molar-refractivity contribution < 1.29 is 9.84 Å². The van der Waals surface area contributed by atoms with E-state index in [4.69, 9.17) is 4.74 Å². The van der Waals surface area contributed by atoms with Gasteiger partial charge in [-0.3, -0.25) is 0 Å². The summed E-state index contributed by atoms with van der Waals surface area (Å²) < 4.78 is 5.40. The average molecular weight is 272 g/mol. The number of aliphatic hydroxyl groups excluding tert-OH is 1. The number of likely N-dealkylation sites (tertiary alicyclic amines) is 1. The largest absolute Gasteiger partial charge is 0.389 e. The van der Waals surface area contributed by atoms with Gasteiger partial charge in [0.1, 0.15) is 0 Å². The molecule has 4 nitrogen and oxygen atoms in total. The van der Waals surface area contributed by atoms with Crippen LogP contribution >= 0.6 is 0 Å². The zero-order valence-corrected chi connectivity index (χ0v) is 12.7. The van der Waals surface area contributed by atoms with E-state index in [2.05, 4.69) is 24.1 Å². The van der Waals surface area contributed by atoms with Gasteiger partial charge >= 0.3 is 0 Å². The van der Waals surface area contributed by atoms with Gasteiger partial charge in [0.25, 0.3) is 0 Å². The number of hydrogen-bond acceptors (Lipinski definition) is 4. The fraction of sp³-hybridized carbons (Fsp3) is 1.00. The minimum Gasteiger partial charge on any atom is -0.389 e. The summed E-state index contributed by atoms with van der Waals surface area (Å²) in [6.45, 7) is 10.9. The predicted octanol–water partition coefficient (Wildman–Crippen LogP) is 1.49. The van der Waals surface area contributed by atoms with E-state index in [-0.39, 0.29) is 6.10 Å². The summed E-state index contributed by atoms with van der Waals surface area (Å²) in [6.07, 6.45) is 4.55. The first-order chi connectivity index (χ1) is 9.22. The van der Waals surface area contributed by atoms with Crippen LogP contribution in [0.2, 0.25) is 0 Å². The molecule has 0 aromatic heterocycles. The van der Waals surface area contributed by atoms with Crippen LogP contribution in [0.3, 0.4) is 0 Å². The van der Waals surface area contributed by atoms with Crippen molar-refractivity contribution in [3.05, 3.63) is 0 Å². The maximum Gasteiger partial charge on any atom is 0.0897 e. The molecule has 4 heteroatoms. The fourth-order valence-electron chi connectivity index (χ4n) is 2.49. The molecule has 2 atom stereocenters. The molecule has 1 heterocycles. The van der Waals surface area contributed by atoms with E-state index in [1.54, 1.807) is 0 Å². The number of nitrogens with one attached hydrogen (secondary N) is 1. The summed E-state index contributed by atoms with van der Waals surface area (Å²) in [5.41, 5.74) is 0. The van der Waals surface area contributed by atoms with Crippen LogP contribution in [0.4, 0.5) is 0 Å². The Hall–Kier alpha value is -0.160. The molecule has 0 aliphatic carbocycles. The average Bonchev–Trinajstić information content (AvgIpc) is 2.87. The number of ether oxygens (including phenoxy) is 1. The summed E-state index contributed by atoms with van der Waals surface area (Å²) in [4.78, 5) is 2.54. The van der Waals surface area contributed by atoms with Crippen LogP contribution in [-0.4, -0.2) is 62.0 Å². The van der Waals surface area contributed by atoms with Crippen LogP contribution in [0.25, 0.3) is 0 Å². The Morgan fingerprint density at radius 3 is 2.68 bits per heavy atom. The zero-order valence-electron chi connectivity index (χ0n) is 12.7. The Balaban J connectivity index is 1.93. The molecule has 1 rings (SSSR count). The standard InChI is InChI=1S/C15H32N2O2/c1-3-4-9-19-13-15(18)11-16-10-14(2)12-17-7-5-6-8-17/h14-16,18H,3-13H2,1-2H3. The maximum atomic E-state index is 9.75. The Bertz CT molecular complexity index is 208. The molecule has 0 radical (unpaired) electrons. The van der Waals surface area contributed by atoms with Crippen LogP contribution < -0.4 is 5.32 Å². The van der Waals surface area contributed by atoms with Gasteiger partial charge in [-0.1, -0.05) is 20.3 Å². The number of aliphatic hydroxyl groups is 1. The monoisotopic (exact) mass is 272 g/mol. The Labute approximate surface area is 118 Å². The first-order valence-corrected chi connectivity index (χ1v) is 7.91. The highest BCUT2D eigenvalue weighted by molar-refractivity contribution is 4.70. The second-order valence-electron chi connectivity index (χ2n) is 5.85. The van der Waals surface area contributed by atoms with Crippen molar-refractivity contribution in [2.24, 2.45) is 5.92 Å². The highest BCUT2D eigenvalue weighted by atomic mass is 16.5. The van der Waals surface area contributed by atoms with Crippen molar-refractivity contribution in [1.29, 1.82) is 0 Å². The number of hydrogen-bond donors (Lipinski definition) is 2. The molecular formula is C15H32N2O2. The summed E-state index contributed by atoms with van der Waals surface area (Å²) >= 11 is 0. The van der Waals surface area contributed by atoms with Gasteiger partial charge in [0.2, 0.25) is 0 Å². The summed E-state index contributed by atoms with van der Waals surface area (Å²) in [5, 5.41) is 13.1. The smallest absolute Gasteiger partial charge is 0.0897 e. The van der Waals surface area contributed by atoms with E-state index >= 15 is 0 Å². The molecule has 2 unspecified atom stereocenters. The molecule has 0 amide bonds. The Morgan fingerprint density at radius 2 is 2.00 bits per heavy atom.